The predicted octanol–water partition coefficient (Wildman–Crippen LogP) is 2.39. The van der Waals surface area contributed by atoms with Crippen LogP contribution in [0.15, 0.2) is 36.5 Å². The summed E-state index contributed by atoms with van der Waals surface area (Å²) in [5.74, 6) is 0. The summed E-state index contributed by atoms with van der Waals surface area (Å²) in [5, 5.41) is 1.25. The average molecular weight is 257 g/mol. The zero-order valence-electron chi connectivity index (χ0n) is 9.42. The minimum absolute atomic E-state index is 0.745. The molecule has 92 valence electrons. The number of rotatable bonds is 1. The topological polar surface area (TPSA) is 56.3 Å². The summed E-state index contributed by atoms with van der Waals surface area (Å²) in [4.78, 5) is 4.24. The van der Waals surface area contributed by atoms with Crippen molar-refractivity contribution < 1.29 is 16.5 Å². The van der Waals surface area contributed by atoms with E-state index in [-0.39, 0.29) is 0 Å². The van der Waals surface area contributed by atoms with E-state index in [0.29, 0.717) is 0 Å². The molecule has 0 aliphatic carbocycles. The summed E-state index contributed by atoms with van der Waals surface area (Å²) in [6.45, 7) is 2.10. The summed E-state index contributed by atoms with van der Waals surface area (Å²) in [5.41, 5.74) is 2.36. The Morgan fingerprint density at radius 2 is 1.82 bits per heavy atom. The van der Waals surface area contributed by atoms with Crippen molar-refractivity contribution in [3.05, 3.63) is 42.1 Å². The molecule has 0 amide bonds. The number of hydrogen-bond acceptors (Lipinski definition) is 4. The number of aromatic nitrogens is 1. The van der Waals surface area contributed by atoms with E-state index >= 15 is 0 Å². The number of halogens is 1. The summed E-state index contributed by atoms with van der Waals surface area (Å²) >= 11 is 0. The van der Waals surface area contributed by atoms with Gasteiger partial charge in [0.15, 0.2) is 0 Å². The van der Waals surface area contributed by atoms with Crippen LogP contribution in [0, 0.1) is 6.92 Å². The first-order valence-electron chi connectivity index (χ1n) is 4.74. The Morgan fingerprint density at radius 3 is 2.35 bits per heavy atom. The molecule has 1 aromatic heterocycles. The van der Waals surface area contributed by atoms with Crippen LogP contribution < -0.4 is 0 Å². The Morgan fingerprint density at radius 1 is 1.24 bits per heavy atom. The maximum atomic E-state index is 10.9. The first-order chi connectivity index (χ1) is 7.94. The molecule has 2 rings (SSSR count). The molecule has 0 bridgehead atoms. The van der Waals surface area contributed by atoms with E-state index in [1.54, 1.807) is 0 Å². The molecule has 1 heterocycles. The number of pyridine rings is 1. The van der Waals surface area contributed by atoms with Gasteiger partial charge in [0.25, 0.3) is 0 Å². The molecule has 6 heteroatoms. The number of para-hydroxylation sites is 1. The van der Waals surface area contributed by atoms with Crippen LogP contribution in [0.25, 0.3) is 10.9 Å². The van der Waals surface area contributed by atoms with Crippen molar-refractivity contribution in [3.63, 3.8) is 0 Å². The van der Waals surface area contributed by atoms with Gasteiger partial charge in [-0.25, -0.2) is 4.18 Å². The van der Waals surface area contributed by atoms with Crippen LogP contribution >= 0.6 is 0 Å². The molecule has 0 saturated carbocycles. The molecule has 0 saturated heterocycles. The van der Waals surface area contributed by atoms with E-state index in [4.69, 9.17) is 8.42 Å². The number of hydrogen-bond donors (Lipinski definition) is 0. The van der Waals surface area contributed by atoms with Crippen LogP contribution in [0.5, 0.6) is 0 Å². The smallest absolute Gasteiger partial charge is 0.256 e. The van der Waals surface area contributed by atoms with E-state index in [1.807, 2.05) is 30.5 Å². The lowest BCUT2D eigenvalue weighted by molar-refractivity contribution is 0.362. The van der Waals surface area contributed by atoms with Crippen molar-refractivity contribution in [2.75, 3.05) is 7.11 Å². The standard InChI is InChI=1S/C10H9N.CH3FO3S/c1-8-6-7-11-10-5-3-2-4-9(8)10;1-5-6(2,3)4/h2-7H,1H3;1H3. The molecule has 17 heavy (non-hydrogen) atoms. The van der Waals surface area contributed by atoms with Gasteiger partial charge >= 0.3 is 10.5 Å². The third-order valence-electron chi connectivity index (χ3n) is 2.07. The van der Waals surface area contributed by atoms with Gasteiger partial charge in [-0.05, 0) is 24.6 Å². The molecular weight excluding hydrogens is 245 g/mol. The summed E-state index contributed by atoms with van der Waals surface area (Å²) in [6, 6.07) is 10.2. The van der Waals surface area contributed by atoms with Gasteiger partial charge in [0.2, 0.25) is 0 Å². The first-order valence-corrected chi connectivity index (χ1v) is 6.05. The largest absolute Gasteiger partial charge is 0.437 e. The van der Waals surface area contributed by atoms with Crippen molar-refractivity contribution in [2.24, 2.45) is 0 Å². The van der Waals surface area contributed by atoms with Crippen LogP contribution in [0.1, 0.15) is 5.56 Å². The molecule has 0 fully saturated rings. The maximum Gasteiger partial charge on any atom is 0.437 e. The highest BCUT2D eigenvalue weighted by Crippen LogP contribution is 2.13. The minimum Gasteiger partial charge on any atom is -0.256 e. The lowest BCUT2D eigenvalue weighted by Crippen LogP contribution is -1.89. The Kier molecular flexibility index (Phi) is 4.53. The lowest BCUT2D eigenvalue weighted by Gasteiger charge is -1.97. The van der Waals surface area contributed by atoms with E-state index in [2.05, 4.69) is 22.2 Å². The lowest BCUT2D eigenvalue weighted by atomic mass is 10.1. The zero-order chi connectivity index (χ0) is 12.9. The average Bonchev–Trinajstić information content (AvgIpc) is 2.30. The molecule has 2 aromatic rings. The SMILES string of the molecule is COS(=O)(=O)F.Cc1ccnc2ccccc12. The quantitative estimate of drug-likeness (QED) is 0.736. The van der Waals surface area contributed by atoms with Crippen molar-refractivity contribution >= 4 is 21.4 Å². The summed E-state index contributed by atoms with van der Waals surface area (Å²) < 4.78 is 32.3. The molecule has 0 atom stereocenters. The van der Waals surface area contributed by atoms with Gasteiger partial charge in [0.05, 0.1) is 12.6 Å². The number of nitrogens with zero attached hydrogens (tertiary/aromatic N) is 1. The van der Waals surface area contributed by atoms with Gasteiger partial charge in [-0.3, -0.25) is 4.98 Å². The highest BCUT2D eigenvalue weighted by atomic mass is 32.3. The third-order valence-corrected chi connectivity index (χ3v) is 2.46. The Labute approximate surface area is 99.5 Å². The van der Waals surface area contributed by atoms with Crippen LogP contribution in [0.2, 0.25) is 0 Å². The molecule has 0 spiro atoms. The molecule has 0 radical (unpaired) electrons. The zero-order valence-corrected chi connectivity index (χ0v) is 10.2. The fourth-order valence-corrected chi connectivity index (χ4v) is 1.24. The van der Waals surface area contributed by atoms with Crippen molar-refractivity contribution in [3.8, 4) is 0 Å². The van der Waals surface area contributed by atoms with Gasteiger partial charge in [0, 0.05) is 11.6 Å². The monoisotopic (exact) mass is 257 g/mol. The van der Waals surface area contributed by atoms with Gasteiger partial charge in [-0.2, -0.15) is 8.42 Å². The fraction of sp³-hybridized carbons (Fsp3) is 0.182. The Hall–Kier alpha value is -1.53. The van der Waals surface area contributed by atoms with Crippen molar-refractivity contribution in [1.82, 2.24) is 4.98 Å². The molecule has 0 unspecified atom stereocenters. The van der Waals surface area contributed by atoms with E-state index < -0.39 is 10.5 Å². The van der Waals surface area contributed by atoms with Gasteiger partial charge < -0.3 is 0 Å². The first kappa shape index (κ1) is 13.5. The molecule has 1 aromatic carbocycles. The highest BCUT2D eigenvalue weighted by molar-refractivity contribution is 7.81. The number of benzene rings is 1. The summed E-state index contributed by atoms with van der Waals surface area (Å²) in [7, 11) is -3.92. The second-order valence-electron chi connectivity index (χ2n) is 3.20. The van der Waals surface area contributed by atoms with Crippen LogP contribution in [0.3, 0.4) is 0 Å². The Balaban J connectivity index is 0.000000209. The molecule has 4 nitrogen and oxygen atoms in total. The fourth-order valence-electron chi connectivity index (χ4n) is 1.24. The number of aryl methyl sites for hydroxylation is 1. The van der Waals surface area contributed by atoms with Crippen molar-refractivity contribution in [2.45, 2.75) is 6.92 Å². The normalized spacial score (nSPS) is 10.8. The second kappa shape index (κ2) is 5.70. The molecule has 0 aliphatic heterocycles. The third kappa shape index (κ3) is 4.46. The van der Waals surface area contributed by atoms with Gasteiger partial charge in [0.1, 0.15) is 0 Å². The molecule has 0 N–H and O–H groups in total. The van der Waals surface area contributed by atoms with Crippen LogP contribution in [-0.4, -0.2) is 20.5 Å². The number of fused-ring (bicyclic) bond motifs is 1. The van der Waals surface area contributed by atoms with Crippen LogP contribution in [-0.2, 0) is 14.7 Å². The van der Waals surface area contributed by atoms with Gasteiger partial charge in [-0.1, -0.05) is 22.1 Å². The van der Waals surface area contributed by atoms with E-state index in [1.165, 1.54) is 10.9 Å². The minimum atomic E-state index is -4.66. The second-order valence-corrected chi connectivity index (χ2v) is 4.32. The summed E-state index contributed by atoms with van der Waals surface area (Å²) in [6.07, 6.45) is 1.84. The van der Waals surface area contributed by atoms with Crippen molar-refractivity contribution in [1.29, 1.82) is 0 Å². The Bertz CT molecular complexity index is 593. The van der Waals surface area contributed by atoms with E-state index in [0.717, 1.165) is 12.6 Å². The van der Waals surface area contributed by atoms with E-state index in [9.17, 15) is 3.89 Å². The molecular formula is C11H12FNO3S. The van der Waals surface area contributed by atoms with Crippen LogP contribution in [0.4, 0.5) is 3.89 Å². The highest BCUT2D eigenvalue weighted by Gasteiger charge is 1.98. The molecule has 0 aliphatic rings. The predicted molar refractivity (Wildman–Crippen MR) is 63.5 cm³/mol. The maximum absolute atomic E-state index is 10.9. The van der Waals surface area contributed by atoms with Gasteiger partial charge in [-0.15, -0.1) is 0 Å².